The SMILES string of the molecule is CCCCC(C)C(=O)ON1C(=O)CCc2ccc(CCN3CCN(c4cc(F)cc5sccc45)CC3)cc21. The van der Waals surface area contributed by atoms with Crippen molar-refractivity contribution in [1.29, 1.82) is 0 Å². The third-order valence-electron chi connectivity index (χ3n) is 7.72. The Kier molecular flexibility index (Phi) is 8.29. The van der Waals surface area contributed by atoms with Gasteiger partial charge < -0.3 is 9.74 Å². The molecular weight excluding hydrogens is 501 g/mol. The van der Waals surface area contributed by atoms with Gasteiger partial charge in [-0.25, -0.2) is 9.18 Å². The number of carbonyl (C=O) groups excluding carboxylic acids is 2. The van der Waals surface area contributed by atoms with Gasteiger partial charge in [-0.2, -0.15) is 0 Å². The van der Waals surface area contributed by atoms with Crippen LogP contribution in [0.2, 0.25) is 0 Å². The highest BCUT2D eigenvalue weighted by Gasteiger charge is 2.30. The topological polar surface area (TPSA) is 53.1 Å². The number of piperazine rings is 1. The first-order valence-corrected chi connectivity index (χ1v) is 14.6. The molecule has 1 atom stereocenters. The number of nitrogens with zero attached hydrogens (tertiary/aromatic N) is 3. The van der Waals surface area contributed by atoms with Gasteiger partial charge in [-0.15, -0.1) is 16.4 Å². The van der Waals surface area contributed by atoms with Crippen molar-refractivity contribution in [3.63, 3.8) is 0 Å². The van der Waals surface area contributed by atoms with E-state index in [1.54, 1.807) is 23.5 Å². The highest BCUT2D eigenvalue weighted by Crippen LogP contribution is 2.33. The smallest absolute Gasteiger partial charge is 0.335 e. The molecule has 5 rings (SSSR count). The summed E-state index contributed by atoms with van der Waals surface area (Å²) in [6.07, 6.45) is 4.58. The molecular formula is C30H36FN3O3S. The molecule has 1 amide bonds. The Morgan fingerprint density at radius 3 is 2.68 bits per heavy atom. The first-order valence-electron chi connectivity index (χ1n) is 13.7. The van der Waals surface area contributed by atoms with Crippen LogP contribution in [0.3, 0.4) is 0 Å². The van der Waals surface area contributed by atoms with E-state index >= 15 is 0 Å². The summed E-state index contributed by atoms with van der Waals surface area (Å²) in [6.45, 7) is 8.37. The highest BCUT2D eigenvalue weighted by atomic mass is 32.1. The summed E-state index contributed by atoms with van der Waals surface area (Å²) in [5.74, 6) is -0.934. The predicted octanol–water partition coefficient (Wildman–Crippen LogP) is 5.97. The third-order valence-corrected chi connectivity index (χ3v) is 8.59. The molecule has 0 N–H and O–H groups in total. The lowest BCUT2D eigenvalue weighted by Gasteiger charge is -2.36. The van der Waals surface area contributed by atoms with Crippen molar-refractivity contribution >= 4 is 44.7 Å². The number of fused-ring (bicyclic) bond motifs is 2. The lowest BCUT2D eigenvalue weighted by atomic mass is 9.99. The number of benzene rings is 2. The van der Waals surface area contributed by atoms with E-state index < -0.39 is 0 Å². The van der Waals surface area contributed by atoms with E-state index in [9.17, 15) is 14.0 Å². The van der Waals surface area contributed by atoms with Gasteiger partial charge in [0.2, 0.25) is 0 Å². The quantitative estimate of drug-likeness (QED) is 0.337. The summed E-state index contributed by atoms with van der Waals surface area (Å²) in [5, 5.41) is 4.37. The van der Waals surface area contributed by atoms with Crippen molar-refractivity contribution in [2.24, 2.45) is 5.92 Å². The number of aryl methyl sites for hydroxylation is 1. The molecule has 0 radical (unpaired) electrons. The summed E-state index contributed by atoms with van der Waals surface area (Å²) in [6, 6.07) is 11.5. The van der Waals surface area contributed by atoms with E-state index in [0.29, 0.717) is 18.5 Å². The molecule has 0 saturated carbocycles. The fraction of sp³-hybridized carbons (Fsp3) is 0.467. The second-order valence-corrected chi connectivity index (χ2v) is 11.4. The lowest BCUT2D eigenvalue weighted by Crippen LogP contribution is -2.47. The summed E-state index contributed by atoms with van der Waals surface area (Å²) in [7, 11) is 0. The zero-order valence-corrected chi connectivity index (χ0v) is 23.1. The van der Waals surface area contributed by atoms with Crippen LogP contribution in [0.1, 0.15) is 50.7 Å². The average Bonchev–Trinajstić information content (AvgIpc) is 3.40. The number of hydrogen-bond acceptors (Lipinski definition) is 6. The van der Waals surface area contributed by atoms with Gasteiger partial charge in [0.25, 0.3) is 5.91 Å². The number of thiophene rings is 1. The van der Waals surface area contributed by atoms with Crippen LogP contribution >= 0.6 is 11.3 Å². The number of halogens is 1. The van der Waals surface area contributed by atoms with E-state index in [-0.39, 0.29) is 23.6 Å². The van der Waals surface area contributed by atoms with Gasteiger partial charge in [0.1, 0.15) is 5.82 Å². The van der Waals surface area contributed by atoms with Crippen LogP contribution in [-0.2, 0) is 27.3 Å². The molecule has 6 nitrogen and oxygen atoms in total. The van der Waals surface area contributed by atoms with Crippen LogP contribution in [0.4, 0.5) is 15.8 Å². The Hall–Kier alpha value is -2.97. The number of carbonyl (C=O) groups is 2. The fourth-order valence-electron chi connectivity index (χ4n) is 5.33. The molecule has 2 aliphatic rings. The Morgan fingerprint density at radius 1 is 1.08 bits per heavy atom. The minimum Gasteiger partial charge on any atom is -0.368 e. The molecule has 3 aromatic rings. The van der Waals surface area contributed by atoms with Gasteiger partial charge >= 0.3 is 5.97 Å². The molecule has 0 aliphatic carbocycles. The Balaban J connectivity index is 1.20. The summed E-state index contributed by atoms with van der Waals surface area (Å²) >= 11 is 1.57. The Labute approximate surface area is 227 Å². The number of hydrogen-bond donors (Lipinski definition) is 0. The molecule has 8 heteroatoms. The van der Waals surface area contributed by atoms with E-state index in [2.05, 4.69) is 34.9 Å². The molecule has 1 aromatic heterocycles. The minimum absolute atomic E-state index is 0.168. The average molecular weight is 538 g/mol. The maximum absolute atomic E-state index is 14.2. The number of unbranched alkanes of at least 4 members (excludes halogenated alkanes) is 1. The molecule has 1 unspecified atom stereocenters. The van der Waals surface area contributed by atoms with Gasteiger partial charge in [0.05, 0.1) is 11.6 Å². The van der Waals surface area contributed by atoms with Crippen molar-refractivity contribution < 1.29 is 18.8 Å². The number of hydroxylamine groups is 1. The number of amides is 1. The highest BCUT2D eigenvalue weighted by molar-refractivity contribution is 7.17. The van der Waals surface area contributed by atoms with E-state index in [1.165, 1.54) is 5.06 Å². The van der Waals surface area contributed by atoms with Gasteiger partial charge in [0, 0.05) is 54.9 Å². The van der Waals surface area contributed by atoms with Crippen LogP contribution in [0.15, 0.2) is 41.8 Å². The van der Waals surface area contributed by atoms with Crippen LogP contribution in [0, 0.1) is 11.7 Å². The molecule has 1 fully saturated rings. The molecule has 2 aromatic carbocycles. The summed E-state index contributed by atoms with van der Waals surface area (Å²) < 4.78 is 15.2. The molecule has 1 saturated heterocycles. The third kappa shape index (κ3) is 5.86. The van der Waals surface area contributed by atoms with Gasteiger partial charge in [-0.05, 0) is 60.0 Å². The van der Waals surface area contributed by atoms with E-state index in [0.717, 1.165) is 85.3 Å². The van der Waals surface area contributed by atoms with Crippen molar-refractivity contribution in [1.82, 2.24) is 4.90 Å². The monoisotopic (exact) mass is 537 g/mol. The second kappa shape index (κ2) is 11.8. The van der Waals surface area contributed by atoms with Gasteiger partial charge in [0.15, 0.2) is 0 Å². The number of rotatable bonds is 9. The standard InChI is InChI=1S/C30H36FN3O3S/c1-3-4-5-21(2)30(36)37-34-26-18-22(6-7-23(26)8-9-29(34)35)10-12-32-13-15-33(16-14-32)27-19-24(31)20-28-25(27)11-17-38-28/h6-7,11,17-21H,3-5,8-10,12-16H2,1-2H3. The fourth-order valence-corrected chi connectivity index (χ4v) is 6.16. The van der Waals surface area contributed by atoms with Crippen molar-refractivity contribution in [2.75, 3.05) is 42.7 Å². The Morgan fingerprint density at radius 2 is 1.89 bits per heavy atom. The summed E-state index contributed by atoms with van der Waals surface area (Å²) in [5.41, 5.74) is 3.83. The normalized spacial score (nSPS) is 17.1. The molecule has 38 heavy (non-hydrogen) atoms. The van der Waals surface area contributed by atoms with Crippen LogP contribution < -0.4 is 9.96 Å². The van der Waals surface area contributed by atoms with Crippen molar-refractivity contribution in [2.45, 2.75) is 52.4 Å². The zero-order valence-electron chi connectivity index (χ0n) is 22.2. The second-order valence-electron chi connectivity index (χ2n) is 10.4. The lowest BCUT2D eigenvalue weighted by molar-refractivity contribution is -0.154. The first kappa shape index (κ1) is 26.6. The Bertz CT molecular complexity index is 1300. The first-order chi connectivity index (χ1) is 18.4. The van der Waals surface area contributed by atoms with Crippen molar-refractivity contribution in [3.8, 4) is 0 Å². The van der Waals surface area contributed by atoms with Gasteiger partial charge in [-0.3, -0.25) is 9.69 Å². The minimum atomic E-state index is -0.346. The van der Waals surface area contributed by atoms with Crippen LogP contribution in [-0.4, -0.2) is 49.5 Å². The number of anilines is 2. The van der Waals surface area contributed by atoms with Gasteiger partial charge in [-0.1, -0.05) is 38.8 Å². The maximum atomic E-state index is 14.2. The molecule has 2 aliphatic heterocycles. The van der Waals surface area contributed by atoms with Crippen LogP contribution in [0.5, 0.6) is 0 Å². The zero-order chi connectivity index (χ0) is 26.6. The molecule has 0 bridgehead atoms. The molecule has 0 spiro atoms. The largest absolute Gasteiger partial charge is 0.368 e. The van der Waals surface area contributed by atoms with E-state index in [1.807, 2.05) is 18.4 Å². The van der Waals surface area contributed by atoms with Crippen molar-refractivity contribution in [3.05, 3.63) is 58.7 Å². The predicted molar refractivity (Wildman–Crippen MR) is 151 cm³/mol. The maximum Gasteiger partial charge on any atom is 0.335 e. The summed E-state index contributed by atoms with van der Waals surface area (Å²) in [4.78, 5) is 35.7. The van der Waals surface area contributed by atoms with E-state index in [4.69, 9.17) is 4.84 Å². The molecule has 3 heterocycles. The molecule has 202 valence electrons. The van der Waals surface area contributed by atoms with Crippen LogP contribution in [0.25, 0.3) is 10.1 Å².